The van der Waals surface area contributed by atoms with Crippen molar-refractivity contribution >= 4 is 5.57 Å². The standard InChI is InChI=1S/C46H61N3O/c1-34-17-14-15-32-50-46(4)39(34)24-25-41(44(46)38-21-12-9-13-22-38)47-33-49(7)31-28-42(48(5)6)36-26-29-45(3,30-27-36)40-23-16-18-35(2)43(40)37-19-10-8-11-20-37/h8-10,12-19,21-23,26,32,35,39,42-43,47H,1,11,20,24-25,27-31,33H2,2-7H3/b17-14-,32-15-. The van der Waals surface area contributed by atoms with Gasteiger partial charge in [-0.05, 0) is 108 Å². The van der Waals surface area contributed by atoms with Crippen molar-refractivity contribution in [1.29, 1.82) is 0 Å². The highest BCUT2D eigenvalue weighted by molar-refractivity contribution is 5.76. The summed E-state index contributed by atoms with van der Waals surface area (Å²) in [4.78, 5) is 4.90. The van der Waals surface area contributed by atoms with Gasteiger partial charge in [-0.3, -0.25) is 4.90 Å². The van der Waals surface area contributed by atoms with Gasteiger partial charge in [0, 0.05) is 35.7 Å². The van der Waals surface area contributed by atoms with Crippen LogP contribution in [0.25, 0.3) is 5.57 Å². The van der Waals surface area contributed by atoms with Gasteiger partial charge >= 0.3 is 0 Å². The molecule has 0 bridgehead atoms. The monoisotopic (exact) mass is 671 g/mol. The zero-order valence-corrected chi connectivity index (χ0v) is 31.6. The normalized spacial score (nSPS) is 31.6. The molecule has 0 saturated carbocycles. The molecular formula is C46H61N3O. The molecule has 0 radical (unpaired) electrons. The van der Waals surface area contributed by atoms with Crippen LogP contribution in [0.2, 0.25) is 0 Å². The zero-order valence-electron chi connectivity index (χ0n) is 31.6. The highest BCUT2D eigenvalue weighted by Crippen LogP contribution is 2.51. The lowest BCUT2D eigenvalue weighted by Gasteiger charge is -2.45. The Morgan fingerprint density at radius 2 is 1.82 bits per heavy atom. The van der Waals surface area contributed by atoms with E-state index in [4.69, 9.17) is 4.74 Å². The van der Waals surface area contributed by atoms with E-state index in [1.54, 1.807) is 16.7 Å². The van der Waals surface area contributed by atoms with Gasteiger partial charge in [0.1, 0.15) is 5.60 Å². The predicted octanol–water partition coefficient (Wildman–Crippen LogP) is 10.2. The number of hydrogen-bond donors (Lipinski definition) is 1. The first kappa shape index (κ1) is 36.2. The third kappa shape index (κ3) is 7.67. The van der Waals surface area contributed by atoms with Crippen LogP contribution in [-0.2, 0) is 4.74 Å². The summed E-state index contributed by atoms with van der Waals surface area (Å²) in [5.74, 6) is 1.32. The van der Waals surface area contributed by atoms with Gasteiger partial charge in [-0.2, -0.15) is 0 Å². The van der Waals surface area contributed by atoms with E-state index in [0.29, 0.717) is 17.9 Å². The molecule has 6 rings (SSSR count). The molecule has 1 aromatic carbocycles. The minimum absolute atomic E-state index is 0.214. The van der Waals surface area contributed by atoms with E-state index in [1.165, 1.54) is 42.5 Å². The number of allylic oxidation sites excluding steroid dienone is 13. The maximum Gasteiger partial charge on any atom is 0.139 e. The molecule has 0 saturated heterocycles. The molecule has 1 N–H and O–H groups in total. The van der Waals surface area contributed by atoms with Gasteiger partial charge in [-0.1, -0.05) is 122 Å². The molecule has 0 spiro atoms. The fourth-order valence-corrected chi connectivity index (χ4v) is 9.41. The second-order valence-electron chi connectivity index (χ2n) is 16.1. The molecule has 266 valence electrons. The molecule has 1 aromatic rings. The molecule has 6 atom stereocenters. The molecule has 1 heterocycles. The number of nitrogens with one attached hydrogen (secondary N) is 1. The molecule has 0 amide bonds. The molecule has 4 aliphatic carbocycles. The van der Waals surface area contributed by atoms with Gasteiger partial charge in [0.15, 0.2) is 0 Å². The molecular weight excluding hydrogens is 611 g/mol. The molecule has 4 heteroatoms. The van der Waals surface area contributed by atoms with Crippen LogP contribution < -0.4 is 5.32 Å². The predicted molar refractivity (Wildman–Crippen MR) is 212 cm³/mol. The summed E-state index contributed by atoms with van der Waals surface area (Å²) < 4.78 is 6.59. The molecule has 1 aliphatic heterocycles. The van der Waals surface area contributed by atoms with Gasteiger partial charge in [-0.25, -0.2) is 0 Å². The molecule has 5 aliphatic rings. The maximum absolute atomic E-state index is 6.59. The molecule has 0 aromatic heterocycles. The number of fused-ring (bicyclic) bond motifs is 1. The lowest BCUT2D eigenvalue weighted by atomic mass is 9.61. The Morgan fingerprint density at radius 1 is 1.00 bits per heavy atom. The summed E-state index contributed by atoms with van der Waals surface area (Å²) in [5, 5.41) is 3.90. The van der Waals surface area contributed by atoms with Crippen molar-refractivity contribution in [3.63, 3.8) is 0 Å². The highest BCUT2D eigenvalue weighted by atomic mass is 16.5. The topological polar surface area (TPSA) is 27.7 Å². The van der Waals surface area contributed by atoms with Crippen molar-refractivity contribution in [2.45, 2.75) is 83.8 Å². The number of hydrogen-bond acceptors (Lipinski definition) is 4. The summed E-state index contributed by atoms with van der Waals surface area (Å²) in [6.07, 6.45) is 33.8. The van der Waals surface area contributed by atoms with E-state index >= 15 is 0 Å². The minimum Gasteiger partial charge on any atom is -0.490 e. The average Bonchev–Trinajstić information content (AvgIpc) is 3.11. The number of nitrogens with zero attached hydrogens (tertiary/aromatic N) is 2. The number of ether oxygens (including phenoxy) is 1. The van der Waals surface area contributed by atoms with Gasteiger partial charge in [-0.15, -0.1) is 0 Å². The highest BCUT2D eigenvalue weighted by Gasteiger charge is 2.45. The van der Waals surface area contributed by atoms with Crippen LogP contribution in [0.1, 0.15) is 77.7 Å². The third-order valence-electron chi connectivity index (χ3n) is 12.3. The van der Waals surface area contributed by atoms with Crippen LogP contribution in [0.3, 0.4) is 0 Å². The van der Waals surface area contributed by atoms with Crippen LogP contribution >= 0.6 is 0 Å². The quantitative estimate of drug-likeness (QED) is 0.187. The molecule has 50 heavy (non-hydrogen) atoms. The molecule has 6 unspecified atom stereocenters. The average molecular weight is 672 g/mol. The summed E-state index contributed by atoms with van der Waals surface area (Å²) in [6, 6.07) is 11.2. The van der Waals surface area contributed by atoms with Crippen molar-refractivity contribution in [1.82, 2.24) is 15.1 Å². The van der Waals surface area contributed by atoms with Crippen molar-refractivity contribution in [3.05, 3.63) is 137 Å². The van der Waals surface area contributed by atoms with E-state index in [0.717, 1.165) is 44.5 Å². The second kappa shape index (κ2) is 15.7. The Morgan fingerprint density at radius 3 is 2.54 bits per heavy atom. The minimum atomic E-state index is -0.497. The lowest BCUT2D eigenvalue weighted by Crippen LogP contribution is -2.45. The van der Waals surface area contributed by atoms with E-state index in [-0.39, 0.29) is 11.3 Å². The summed E-state index contributed by atoms with van der Waals surface area (Å²) >= 11 is 0. The van der Waals surface area contributed by atoms with E-state index in [9.17, 15) is 0 Å². The SMILES string of the molecule is C=C1/C=C\C=C/OC2(C)C(c3ccccc3)=C(NCN(C)CCC(C3=CCC(C)(C4=CC=CC(C)C4C4=CC=CCC4)CC3)N(C)C)CCC12. The maximum atomic E-state index is 6.59. The fourth-order valence-electron chi connectivity index (χ4n) is 9.41. The van der Waals surface area contributed by atoms with Crippen LogP contribution in [-0.4, -0.2) is 55.8 Å². The Kier molecular flexibility index (Phi) is 11.4. The van der Waals surface area contributed by atoms with Crippen molar-refractivity contribution in [3.8, 4) is 0 Å². The van der Waals surface area contributed by atoms with Gasteiger partial charge < -0.3 is 15.0 Å². The summed E-state index contributed by atoms with van der Waals surface area (Å²) in [6.45, 7) is 13.5. The van der Waals surface area contributed by atoms with E-state index in [2.05, 4.69) is 143 Å². The number of rotatable bonds is 11. The Balaban J connectivity index is 1.13. The largest absolute Gasteiger partial charge is 0.490 e. The summed E-state index contributed by atoms with van der Waals surface area (Å²) in [7, 11) is 6.77. The van der Waals surface area contributed by atoms with Gasteiger partial charge in [0.05, 0.1) is 12.9 Å². The number of benzene rings is 1. The molecule has 0 fully saturated rings. The first-order valence-corrected chi connectivity index (χ1v) is 19.1. The second-order valence-corrected chi connectivity index (χ2v) is 16.1. The Hall–Kier alpha value is -3.60. The third-order valence-corrected chi connectivity index (χ3v) is 12.3. The van der Waals surface area contributed by atoms with Gasteiger partial charge in [0.2, 0.25) is 0 Å². The van der Waals surface area contributed by atoms with Crippen LogP contribution in [0.5, 0.6) is 0 Å². The first-order chi connectivity index (χ1) is 24.1. The smallest absolute Gasteiger partial charge is 0.139 e. The van der Waals surface area contributed by atoms with Crippen molar-refractivity contribution < 1.29 is 4.74 Å². The summed E-state index contributed by atoms with van der Waals surface area (Å²) in [5.41, 5.74) is 9.50. The van der Waals surface area contributed by atoms with Crippen molar-refractivity contribution in [2.75, 3.05) is 34.4 Å². The number of likely N-dealkylation sites (N-methyl/N-ethyl adjacent to an activating group) is 1. The van der Waals surface area contributed by atoms with E-state index < -0.39 is 5.60 Å². The van der Waals surface area contributed by atoms with Crippen LogP contribution in [0.4, 0.5) is 0 Å². The Labute approximate surface area is 303 Å². The lowest BCUT2D eigenvalue weighted by molar-refractivity contribution is 0.0428. The van der Waals surface area contributed by atoms with Crippen LogP contribution in [0, 0.1) is 23.2 Å². The first-order valence-electron chi connectivity index (χ1n) is 19.1. The van der Waals surface area contributed by atoms with Crippen LogP contribution in [0.15, 0.2) is 132 Å². The fraction of sp³-hybridized carbons (Fsp3) is 0.478. The Bertz CT molecular complexity index is 1630. The van der Waals surface area contributed by atoms with E-state index in [1.807, 2.05) is 18.4 Å². The van der Waals surface area contributed by atoms with Gasteiger partial charge in [0.25, 0.3) is 0 Å². The zero-order chi connectivity index (χ0) is 35.3. The molecule has 4 nitrogen and oxygen atoms in total. The van der Waals surface area contributed by atoms with Crippen molar-refractivity contribution in [2.24, 2.45) is 23.2 Å².